The predicted octanol–water partition coefficient (Wildman–Crippen LogP) is 5.75. The van der Waals surface area contributed by atoms with Crippen LogP contribution in [0, 0.1) is 17.6 Å². The van der Waals surface area contributed by atoms with Crippen LogP contribution in [0.15, 0.2) is 60.9 Å². The minimum Gasteiger partial charge on any atom is -0.369 e. The molecular formula is C41H38F4N8O4. The smallest absolute Gasteiger partial charge is 0.320 e. The Morgan fingerprint density at radius 2 is 1.53 bits per heavy atom. The number of fused-ring (bicyclic) bond motifs is 4. The first-order valence-corrected chi connectivity index (χ1v) is 19.1. The van der Waals surface area contributed by atoms with Crippen molar-refractivity contribution in [1.29, 1.82) is 0 Å². The van der Waals surface area contributed by atoms with Gasteiger partial charge < -0.3 is 9.80 Å². The summed E-state index contributed by atoms with van der Waals surface area (Å²) < 4.78 is 58.4. The molecule has 3 fully saturated rings. The van der Waals surface area contributed by atoms with E-state index in [1.165, 1.54) is 18.2 Å². The highest BCUT2D eigenvalue weighted by Gasteiger charge is 2.45. The van der Waals surface area contributed by atoms with Crippen LogP contribution in [0.3, 0.4) is 0 Å². The Morgan fingerprint density at radius 1 is 0.754 bits per heavy atom. The molecule has 294 valence electrons. The number of benzene rings is 2. The number of amides is 4. The summed E-state index contributed by atoms with van der Waals surface area (Å²) in [6.45, 7) is 2.50. The van der Waals surface area contributed by atoms with Crippen molar-refractivity contribution in [2.75, 3.05) is 55.6 Å². The van der Waals surface area contributed by atoms with Crippen molar-refractivity contribution in [3.63, 3.8) is 0 Å². The van der Waals surface area contributed by atoms with Gasteiger partial charge in [0, 0.05) is 73.9 Å². The van der Waals surface area contributed by atoms with E-state index in [-0.39, 0.29) is 46.3 Å². The van der Waals surface area contributed by atoms with Crippen LogP contribution in [0.25, 0.3) is 33.1 Å². The number of carbonyl (C=O) groups is 4. The summed E-state index contributed by atoms with van der Waals surface area (Å²) in [6.07, 6.45) is 5.43. The monoisotopic (exact) mass is 782 g/mol. The molecule has 3 saturated heterocycles. The number of aromatic nitrogens is 3. The van der Waals surface area contributed by atoms with Crippen molar-refractivity contribution in [2.45, 2.75) is 44.7 Å². The first-order chi connectivity index (χ1) is 27.5. The topological polar surface area (TPSA) is 124 Å². The van der Waals surface area contributed by atoms with E-state index in [0.717, 1.165) is 73.3 Å². The summed E-state index contributed by atoms with van der Waals surface area (Å²) in [5.74, 6) is -2.46. The molecule has 0 saturated carbocycles. The van der Waals surface area contributed by atoms with Crippen LogP contribution in [-0.2, 0) is 9.59 Å². The summed E-state index contributed by atoms with van der Waals surface area (Å²) in [4.78, 5) is 66.3. The normalized spacial score (nSPS) is 19.7. The molecule has 0 radical (unpaired) electrons. The van der Waals surface area contributed by atoms with Gasteiger partial charge in [-0.15, -0.1) is 0 Å². The standard InChI is InChI=1S/C41H38F4N8O4/c42-26-19-30-28-3-1-24(18-34(28)52(41(44)45)36(30)47-22-26)25-17-32(43)37(46-21-25)51-11-8-23(9-12-51)7-10-49-13-15-50(16-14-49)27-2-4-29-31(20-27)40(57)53(39(29)56)33-5-6-35(54)48-38(33)55/h1-4,17-23,33,41H,5-16H2,(H,48,54,55). The van der Waals surface area contributed by atoms with Gasteiger partial charge in [-0.3, -0.25) is 38.9 Å². The fourth-order valence-electron chi connectivity index (χ4n) is 8.78. The molecule has 16 heteroatoms. The maximum absolute atomic E-state index is 15.6. The highest BCUT2D eigenvalue weighted by atomic mass is 19.3. The molecule has 9 rings (SSSR count). The Hall–Kier alpha value is -5.90. The van der Waals surface area contributed by atoms with E-state index in [9.17, 15) is 32.3 Å². The van der Waals surface area contributed by atoms with Crippen LogP contribution in [0.5, 0.6) is 0 Å². The fourth-order valence-corrected chi connectivity index (χ4v) is 8.78. The van der Waals surface area contributed by atoms with Crippen LogP contribution in [0.1, 0.15) is 59.4 Å². The highest BCUT2D eigenvalue weighted by Crippen LogP contribution is 2.36. The lowest BCUT2D eigenvalue weighted by molar-refractivity contribution is -0.136. The number of nitrogens with zero attached hydrogens (tertiary/aromatic N) is 7. The molecule has 57 heavy (non-hydrogen) atoms. The van der Waals surface area contributed by atoms with Gasteiger partial charge in [-0.05, 0) is 80.1 Å². The van der Waals surface area contributed by atoms with Crippen LogP contribution in [-0.4, -0.2) is 99.8 Å². The Morgan fingerprint density at radius 3 is 2.26 bits per heavy atom. The minimum absolute atomic E-state index is 0.0288. The van der Waals surface area contributed by atoms with Crippen molar-refractivity contribution in [3.8, 4) is 11.1 Å². The number of alkyl halides is 2. The van der Waals surface area contributed by atoms with Crippen molar-refractivity contribution >= 4 is 57.1 Å². The summed E-state index contributed by atoms with van der Waals surface area (Å²) in [5, 5.41) is 2.92. The highest BCUT2D eigenvalue weighted by molar-refractivity contribution is 6.23. The maximum atomic E-state index is 15.6. The summed E-state index contributed by atoms with van der Waals surface area (Å²) in [5.41, 5.74) is 2.46. The Labute approximate surface area is 324 Å². The second-order valence-corrected chi connectivity index (χ2v) is 15.2. The second kappa shape index (κ2) is 14.6. The molecule has 0 aliphatic carbocycles. The molecule has 4 aliphatic rings. The molecule has 5 aromatic rings. The van der Waals surface area contributed by atoms with E-state index in [0.29, 0.717) is 35.5 Å². The van der Waals surface area contributed by atoms with E-state index in [1.54, 1.807) is 30.5 Å². The van der Waals surface area contributed by atoms with Crippen molar-refractivity contribution in [3.05, 3.63) is 83.7 Å². The number of anilines is 2. The molecule has 4 aliphatic heterocycles. The van der Waals surface area contributed by atoms with Crippen molar-refractivity contribution < 1.29 is 36.7 Å². The molecule has 1 N–H and O–H groups in total. The molecule has 1 atom stereocenters. The number of imide groups is 2. The average molecular weight is 783 g/mol. The summed E-state index contributed by atoms with van der Waals surface area (Å²) >= 11 is 0. The van der Waals surface area contributed by atoms with Gasteiger partial charge >= 0.3 is 6.55 Å². The lowest BCUT2D eigenvalue weighted by Gasteiger charge is -2.38. The summed E-state index contributed by atoms with van der Waals surface area (Å²) in [7, 11) is 0. The van der Waals surface area contributed by atoms with Crippen molar-refractivity contribution in [1.82, 2.24) is 29.7 Å². The number of piperazine rings is 1. The van der Waals surface area contributed by atoms with Crippen molar-refractivity contribution in [2.24, 2.45) is 5.92 Å². The zero-order valence-electron chi connectivity index (χ0n) is 30.8. The molecule has 1 unspecified atom stereocenters. The predicted molar refractivity (Wildman–Crippen MR) is 203 cm³/mol. The maximum Gasteiger partial charge on any atom is 0.320 e. The largest absolute Gasteiger partial charge is 0.369 e. The fraction of sp³-hybridized carbons (Fsp3) is 0.366. The second-order valence-electron chi connectivity index (χ2n) is 15.2. The van der Waals surface area contributed by atoms with Crippen LogP contribution in [0.2, 0.25) is 0 Å². The Bertz CT molecular complexity index is 2460. The third-order valence-corrected chi connectivity index (χ3v) is 11.9. The van der Waals surface area contributed by atoms with E-state index in [4.69, 9.17) is 0 Å². The molecule has 3 aromatic heterocycles. The Balaban J connectivity index is 0.774. The lowest BCUT2D eigenvalue weighted by atomic mass is 9.93. The molecule has 0 bridgehead atoms. The number of piperidine rings is 2. The Kier molecular flexibility index (Phi) is 9.38. The molecule has 4 amide bonds. The molecule has 7 heterocycles. The molecule has 0 spiro atoms. The van der Waals surface area contributed by atoms with Gasteiger partial charge in [0.15, 0.2) is 11.6 Å². The number of carbonyl (C=O) groups excluding carboxylic acids is 4. The minimum atomic E-state index is -2.90. The van der Waals surface area contributed by atoms with Gasteiger partial charge in [-0.25, -0.2) is 18.7 Å². The van der Waals surface area contributed by atoms with Gasteiger partial charge in [-0.1, -0.05) is 12.1 Å². The first kappa shape index (κ1) is 36.7. The number of hydrogen-bond donors (Lipinski definition) is 1. The third-order valence-electron chi connectivity index (χ3n) is 11.9. The van der Waals surface area contributed by atoms with Gasteiger partial charge in [0.25, 0.3) is 11.8 Å². The van der Waals surface area contributed by atoms with E-state index < -0.39 is 47.9 Å². The van der Waals surface area contributed by atoms with Gasteiger partial charge in [0.05, 0.1) is 22.8 Å². The number of rotatable bonds is 8. The zero-order valence-corrected chi connectivity index (χ0v) is 30.8. The van der Waals surface area contributed by atoms with E-state index in [2.05, 4.69) is 25.1 Å². The number of hydrogen-bond acceptors (Lipinski definition) is 9. The van der Waals surface area contributed by atoms with Gasteiger partial charge in [0.1, 0.15) is 17.5 Å². The zero-order chi connectivity index (χ0) is 39.5. The lowest BCUT2D eigenvalue weighted by Crippen LogP contribution is -2.54. The quantitative estimate of drug-likeness (QED) is 0.155. The van der Waals surface area contributed by atoms with Crippen LogP contribution < -0.4 is 15.1 Å². The molecule has 2 aromatic carbocycles. The average Bonchev–Trinajstić information content (AvgIpc) is 3.66. The first-order valence-electron chi connectivity index (χ1n) is 19.1. The summed E-state index contributed by atoms with van der Waals surface area (Å²) in [6, 6.07) is 11.6. The molecular weight excluding hydrogens is 744 g/mol. The number of pyridine rings is 2. The van der Waals surface area contributed by atoms with Crippen LogP contribution >= 0.6 is 0 Å². The van der Waals surface area contributed by atoms with Crippen LogP contribution in [0.4, 0.5) is 29.1 Å². The molecule has 12 nitrogen and oxygen atoms in total. The van der Waals surface area contributed by atoms with E-state index in [1.807, 2.05) is 11.0 Å². The SMILES string of the molecule is O=C1CCC(N2C(=O)c3ccc(N4CCN(CCC5CCN(c6ncc(-c7ccc8c9cc(F)cnc9n(C(F)F)c8c7)cc6F)CC5)CC4)cc3C2=O)C(=O)N1. The number of halogens is 4. The van der Waals surface area contributed by atoms with E-state index >= 15 is 4.39 Å². The number of nitrogens with one attached hydrogen (secondary N) is 1. The third kappa shape index (κ3) is 6.64. The van der Waals surface area contributed by atoms with Gasteiger partial charge in [0.2, 0.25) is 11.8 Å². The van der Waals surface area contributed by atoms with Gasteiger partial charge in [-0.2, -0.15) is 8.78 Å².